The molecule has 21 heavy (non-hydrogen) atoms. The molecule has 0 saturated carbocycles. The molecule has 0 saturated heterocycles. The highest BCUT2D eigenvalue weighted by molar-refractivity contribution is 5.36. The zero-order valence-electron chi connectivity index (χ0n) is 13.8. The van der Waals surface area contributed by atoms with E-state index in [4.69, 9.17) is 9.47 Å². The van der Waals surface area contributed by atoms with Crippen LogP contribution < -0.4 is 5.32 Å². The van der Waals surface area contributed by atoms with Gasteiger partial charge in [-0.15, -0.1) is 0 Å². The van der Waals surface area contributed by atoms with Gasteiger partial charge in [0, 0.05) is 6.61 Å². The molecule has 0 aromatic heterocycles. The van der Waals surface area contributed by atoms with Gasteiger partial charge in [0.15, 0.2) is 0 Å². The lowest BCUT2D eigenvalue weighted by atomic mass is 9.79. The van der Waals surface area contributed by atoms with Crippen molar-refractivity contribution in [1.29, 1.82) is 0 Å². The molecule has 1 aliphatic carbocycles. The third-order valence-electron chi connectivity index (χ3n) is 4.14. The van der Waals surface area contributed by atoms with Gasteiger partial charge < -0.3 is 14.8 Å². The molecule has 0 fully saturated rings. The van der Waals surface area contributed by atoms with E-state index in [-0.39, 0.29) is 12.1 Å². The maximum atomic E-state index is 6.11. The van der Waals surface area contributed by atoms with Gasteiger partial charge in [-0.05, 0) is 36.4 Å². The molecule has 0 spiro atoms. The summed E-state index contributed by atoms with van der Waals surface area (Å²) in [6, 6.07) is 8.99. The van der Waals surface area contributed by atoms with Crippen LogP contribution in [-0.4, -0.2) is 33.0 Å². The second kappa shape index (κ2) is 7.92. The summed E-state index contributed by atoms with van der Waals surface area (Å²) in [5.74, 6) is 1.13. The summed E-state index contributed by atoms with van der Waals surface area (Å²) in [6.07, 6.45) is 1.29. The SMILES string of the molecule is CNC1c2ccccc2C(C)CC1OCCOCC(C)C. The Morgan fingerprint density at radius 3 is 2.57 bits per heavy atom. The highest BCUT2D eigenvalue weighted by Crippen LogP contribution is 2.38. The molecule has 3 heteroatoms. The third kappa shape index (κ3) is 4.29. The van der Waals surface area contributed by atoms with Crippen molar-refractivity contribution in [2.45, 2.75) is 45.3 Å². The summed E-state index contributed by atoms with van der Waals surface area (Å²) >= 11 is 0. The number of hydrogen-bond donors (Lipinski definition) is 1. The predicted octanol–water partition coefficient (Wildman–Crippen LogP) is 3.51. The molecule has 0 radical (unpaired) electrons. The smallest absolute Gasteiger partial charge is 0.0776 e. The minimum Gasteiger partial charge on any atom is -0.379 e. The first-order chi connectivity index (χ1) is 10.1. The van der Waals surface area contributed by atoms with Crippen molar-refractivity contribution < 1.29 is 9.47 Å². The Bertz CT molecular complexity index is 433. The molecule has 0 heterocycles. The fourth-order valence-electron chi connectivity index (χ4n) is 3.14. The first-order valence-electron chi connectivity index (χ1n) is 8.09. The molecule has 3 unspecified atom stereocenters. The summed E-state index contributed by atoms with van der Waals surface area (Å²) in [4.78, 5) is 0. The van der Waals surface area contributed by atoms with Gasteiger partial charge in [-0.1, -0.05) is 45.0 Å². The van der Waals surface area contributed by atoms with Crippen LogP contribution in [0.2, 0.25) is 0 Å². The van der Waals surface area contributed by atoms with E-state index in [0.717, 1.165) is 13.0 Å². The Balaban J connectivity index is 1.92. The number of nitrogens with one attached hydrogen (secondary N) is 1. The first kappa shape index (κ1) is 16.5. The third-order valence-corrected chi connectivity index (χ3v) is 4.14. The van der Waals surface area contributed by atoms with Crippen molar-refractivity contribution >= 4 is 0 Å². The van der Waals surface area contributed by atoms with E-state index in [1.807, 2.05) is 7.05 Å². The van der Waals surface area contributed by atoms with Gasteiger partial charge in [0.2, 0.25) is 0 Å². The molecule has 0 aliphatic heterocycles. The average molecular weight is 291 g/mol. The van der Waals surface area contributed by atoms with Crippen molar-refractivity contribution in [3.8, 4) is 0 Å². The number of benzene rings is 1. The zero-order valence-corrected chi connectivity index (χ0v) is 13.8. The Labute approximate surface area is 129 Å². The van der Waals surface area contributed by atoms with Crippen LogP contribution in [0.3, 0.4) is 0 Å². The Hall–Kier alpha value is -0.900. The second-order valence-electron chi connectivity index (χ2n) is 6.41. The van der Waals surface area contributed by atoms with Crippen molar-refractivity contribution in [2.75, 3.05) is 26.9 Å². The molecule has 1 N–H and O–H groups in total. The lowest BCUT2D eigenvalue weighted by molar-refractivity contribution is -0.0244. The average Bonchev–Trinajstić information content (AvgIpc) is 2.47. The first-order valence-corrected chi connectivity index (χ1v) is 8.09. The maximum Gasteiger partial charge on any atom is 0.0776 e. The lowest BCUT2D eigenvalue weighted by Crippen LogP contribution is -2.37. The van der Waals surface area contributed by atoms with E-state index in [1.54, 1.807) is 0 Å². The van der Waals surface area contributed by atoms with E-state index in [0.29, 0.717) is 25.0 Å². The minimum atomic E-state index is 0.225. The normalized spacial score (nSPS) is 25.1. The minimum absolute atomic E-state index is 0.225. The van der Waals surface area contributed by atoms with E-state index < -0.39 is 0 Å². The van der Waals surface area contributed by atoms with Crippen LogP contribution in [0.5, 0.6) is 0 Å². The van der Waals surface area contributed by atoms with E-state index in [9.17, 15) is 0 Å². The topological polar surface area (TPSA) is 30.5 Å². The molecular formula is C18H29NO2. The van der Waals surface area contributed by atoms with Gasteiger partial charge in [0.05, 0.1) is 25.4 Å². The molecular weight excluding hydrogens is 262 g/mol. The highest BCUT2D eigenvalue weighted by Gasteiger charge is 2.32. The molecule has 1 aliphatic rings. The van der Waals surface area contributed by atoms with Crippen LogP contribution >= 0.6 is 0 Å². The lowest BCUT2D eigenvalue weighted by Gasteiger charge is -2.36. The van der Waals surface area contributed by atoms with E-state index in [2.05, 4.69) is 50.4 Å². The van der Waals surface area contributed by atoms with Crippen LogP contribution in [0.25, 0.3) is 0 Å². The molecule has 0 amide bonds. The van der Waals surface area contributed by atoms with Gasteiger partial charge >= 0.3 is 0 Å². The van der Waals surface area contributed by atoms with Gasteiger partial charge in [-0.25, -0.2) is 0 Å². The van der Waals surface area contributed by atoms with E-state index >= 15 is 0 Å². The van der Waals surface area contributed by atoms with Crippen LogP contribution in [0.4, 0.5) is 0 Å². The predicted molar refractivity (Wildman–Crippen MR) is 86.7 cm³/mol. The number of hydrogen-bond acceptors (Lipinski definition) is 3. The monoisotopic (exact) mass is 291 g/mol. The van der Waals surface area contributed by atoms with Crippen molar-refractivity contribution in [1.82, 2.24) is 5.32 Å². The molecule has 3 atom stereocenters. The second-order valence-corrected chi connectivity index (χ2v) is 6.41. The van der Waals surface area contributed by atoms with Crippen LogP contribution in [0.15, 0.2) is 24.3 Å². The molecule has 0 bridgehead atoms. The number of ether oxygens (including phenoxy) is 2. The van der Waals surface area contributed by atoms with Crippen molar-refractivity contribution in [2.24, 2.45) is 5.92 Å². The van der Waals surface area contributed by atoms with Crippen molar-refractivity contribution in [3.63, 3.8) is 0 Å². The largest absolute Gasteiger partial charge is 0.379 e. The zero-order chi connectivity index (χ0) is 15.2. The van der Waals surface area contributed by atoms with Gasteiger partial charge in [0.25, 0.3) is 0 Å². The molecule has 3 nitrogen and oxygen atoms in total. The highest BCUT2D eigenvalue weighted by atomic mass is 16.5. The fraction of sp³-hybridized carbons (Fsp3) is 0.667. The fourth-order valence-corrected chi connectivity index (χ4v) is 3.14. The van der Waals surface area contributed by atoms with Gasteiger partial charge in [-0.3, -0.25) is 0 Å². The number of fused-ring (bicyclic) bond motifs is 1. The van der Waals surface area contributed by atoms with Gasteiger partial charge in [-0.2, -0.15) is 0 Å². The quantitative estimate of drug-likeness (QED) is 0.780. The molecule has 2 rings (SSSR count). The Morgan fingerprint density at radius 2 is 1.90 bits per heavy atom. The summed E-state index contributed by atoms with van der Waals surface area (Å²) in [7, 11) is 2.02. The van der Waals surface area contributed by atoms with Crippen LogP contribution in [-0.2, 0) is 9.47 Å². The van der Waals surface area contributed by atoms with Crippen LogP contribution in [0.1, 0.15) is 50.3 Å². The van der Waals surface area contributed by atoms with Crippen LogP contribution in [0, 0.1) is 5.92 Å². The Kier molecular flexibility index (Phi) is 6.22. The summed E-state index contributed by atoms with van der Waals surface area (Å²) < 4.78 is 11.7. The Morgan fingerprint density at radius 1 is 1.19 bits per heavy atom. The standard InChI is InChI=1S/C18H29NO2/c1-13(2)12-20-9-10-21-17-11-14(3)15-7-5-6-8-16(15)18(17)19-4/h5-8,13-14,17-19H,9-12H2,1-4H3. The van der Waals surface area contributed by atoms with E-state index in [1.165, 1.54) is 11.1 Å². The molecule has 118 valence electrons. The van der Waals surface area contributed by atoms with Gasteiger partial charge in [0.1, 0.15) is 0 Å². The molecule has 1 aromatic rings. The summed E-state index contributed by atoms with van der Waals surface area (Å²) in [6.45, 7) is 8.78. The maximum absolute atomic E-state index is 6.11. The molecule has 1 aromatic carbocycles. The number of rotatable bonds is 7. The number of likely N-dealkylation sites (N-methyl/N-ethyl adjacent to an activating group) is 1. The van der Waals surface area contributed by atoms with Crippen molar-refractivity contribution in [3.05, 3.63) is 35.4 Å². The summed E-state index contributed by atoms with van der Waals surface area (Å²) in [5, 5.41) is 3.42. The summed E-state index contributed by atoms with van der Waals surface area (Å²) in [5.41, 5.74) is 2.83.